The smallest absolute Gasteiger partial charge is 0.224 e. The number of carbonyl (C=O) groups excluding carboxylic acids is 1. The molecule has 2 aliphatic heterocycles. The van der Waals surface area contributed by atoms with Crippen LogP contribution in [0.2, 0.25) is 0 Å². The zero-order valence-corrected chi connectivity index (χ0v) is 16.7. The Morgan fingerprint density at radius 3 is 2.89 bits per heavy atom. The maximum atomic E-state index is 12.7. The fraction of sp³-hybridized carbons (Fsp3) is 0.478. The van der Waals surface area contributed by atoms with Crippen molar-refractivity contribution < 1.29 is 4.79 Å². The number of amides is 1. The molecule has 0 aliphatic carbocycles. The normalized spacial score (nSPS) is 19.9. The van der Waals surface area contributed by atoms with E-state index in [9.17, 15) is 4.79 Å². The third-order valence-corrected chi connectivity index (χ3v) is 6.07. The van der Waals surface area contributed by atoms with Gasteiger partial charge in [0.15, 0.2) is 0 Å². The van der Waals surface area contributed by atoms with Gasteiger partial charge in [0.05, 0.1) is 5.92 Å². The molecule has 1 saturated heterocycles. The topological polar surface area (TPSA) is 48.5 Å². The van der Waals surface area contributed by atoms with E-state index in [1.54, 1.807) is 0 Å². The summed E-state index contributed by atoms with van der Waals surface area (Å²) in [6.07, 6.45) is 4.98. The zero-order valence-electron chi connectivity index (χ0n) is 16.7. The van der Waals surface area contributed by atoms with Gasteiger partial charge < -0.3 is 15.1 Å². The van der Waals surface area contributed by atoms with Crippen LogP contribution in [-0.2, 0) is 24.3 Å². The predicted molar refractivity (Wildman–Crippen MR) is 112 cm³/mol. The lowest BCUT2D eigenvalue weighted by molar-refractivity contribution is -0.126. The van der Waals surface area contributed by atoms with Crippen molar-refractivity contribution in [2.24, 2.45) is 5.92 Å². The van der Waals surface area contributed by atoms with E-state index in [0.29, 0.717) is 6.54 Å². The number of carbonyl (C=O) groups is 1. The maximum Gasteiger partial charge on any atom is 0.224 e. The quantitative estimate of drug-likeness (QED) is 0.869. The van der Waals surface area contributed by atoms with Crippen molar-refractivity contribution >= 4 is 11.7 Å². The largest absolute Gasteiger partial charge is 0.352 e. The van der Waals surface area contributed by atoms with E-state index in [0.717, 1.165) is 63.4 Å². The van der Waals surface area contributed by atoms with Crippen molar-refractivity contribution in [1.82, 2.24) is 15.2 Å². The molecule has 0 unspecified atom stereocenters. The van der Waals surface area contributed by atoms with Crippen LogP contribution in [-0.4, -0.2) is 42.0 Å². The summed E-state index contributed by atoms with van der Waals surface area (Å²) in [5.74, 6) is 1.28. The van der Waals surface area contributed by atoms with Gasteiger partial charge in [-0.05, 0) is 49.5 Å². The molecule has 0 spiro atoms. The number of pyridine rings is 1. The van der Waals surface area contributed by atoms with Gasteiger partial charge in [-0.3, -0.25) is 4.79 Å². The maximum absolute atomic E-state index is 12.7. The van der Waals surface area contributed by atoms with Gasteiger partial charge in [-0.25, -0.2) is 4.98 Å². The number of nitrogens with one attached hydrogen (secondary N) is 1. The summed E-state index contributed by atoms with van der Waals surface area (Å²) in [7, 11) is 0. The molecule has 28 heavy (non-hydrogen) atoms. The van der Waals surface area contributed by atoms with Crippen molar-refractivity contribution in [3.8, 4) is 0 Å². The first-order valence-electron chi connectivity index (χ1n) is 10.5. The standard InChI is InChI=1S/C23H30N4O/c1-2-26-13-6-10-21(16-26)23(28)25-15-19-9-5-12-24-22(19)27-14-11-18-7-3-4-8-20(18)17-27/h3-5,7-9,12,21H,2,6,10-11,13-17H2,1H3,(H,25,28)/t21-/m1/s1. The predicted octanol–water partition coefficient (Wildman–Crippen LogP) is 2.99. The van der Waals surface area contributed by atoms with E-state index in [-0.39, 0.29) is 11.8 Å². The first-order chi connectivity index (χ1) is 13.7. The van der Waals surface area contributed by atoms with Crippen molar-refractivity contribution in [2.45, 2.75) is 39.3 Å². The number of rotatable bonds is 5. The van der Waals surface area contributed by atoms with Crippen LogP contribution in [0.4, 0.5) is 5.82 Å². The number of hydrogen-bond acceptors (Lipinski definition) is 4. The lowest BCUT2D eigenvalue weighted by Crippen LogP contribution is -2.42. The number of aromatic nitrogens is 1. The SMILES string of the molecule is CCN1CCC[C@@H](C(=O)NCc2cccnc2N2CCc3ccccc3C2)C1. The van der Waals surface area contributed by atoms with Crippen LogP contribution in [0, 0.1) is 5.92 Å². The fourth-order valence-electron chi connectivity index (χ4n) is 4.41. The first kappa shape index (κ1) is 18.9. The van der Waals surface area contributed by atoms with Crippen LogP contribution < -0.4 is 10.2 Å². The Bertz CT molecular complexity index is 822. The number of fused-ring (bicyclic) bond motifs is 1. The second-order valence-corrected chi connectivity index (χ2v) is 7.88. The molecule has 5 heteroatoms. The van der Waals surface area contributed by atoms with Crippen LogP contribution in [0.3, 0.4) is 0 Å². The fourth-order valence-corrected chi connectivity index (χ4v) is 4.41. The van der Waals surface area contributed by atoms with Gasteiger partial charge in [-0.15, -0.1) is 0 Å². The Balaban J connectivity index is 1.42. The molecule has 4 rings (SSSR count). The highest BCUT2D eigenvalue weighted by Gasteiger charge is 2.25. The average molecular weight is 379 g/mol. The van der Waals surface area contributed by atoms with E-state index in [4.69, 9.17) is 0 Å². The molecule has 3 heterocycles. The Kier molecular flexibility index (Phi) is 5.91. The van der Waals surface area contributed by atoms with Crippen molar-refractivity contribution in [2.75, 3.05) is 31.1 Å². The van der Waals surface area contributed by atoms with Crippen LogP contribution in [0.25, 0.3) is 0 Å². The molecule has 1 fully saturated rings. The van der Waals surface area contributed by atoms with Gasteiger partial charge in [-0.2, -0.15) is 0 Å². The molecule has 1 N–H and O–H groups in total. The molecule has 5 nitrogen and oxygen atoms in total. The van der Waals surface area contributed by atoms with Crippen molar-refractivity contribution in [1.29, 1.82) is 0 Å². The molecule has 1 aromatic carbocycles. The molecule has 1 amide bonds. The molecule has 2 aromatic rings. The van der Waals surface area contributed by atoms with Gasteiger partial charge in [0.2, 0.25) is 5.91 Å². The van der Waals surface area contributed by atoms with E-state index >= 15 is 0 Å². The number of hydrogen-bond donors (Lipinski definition) is 1. The third-order valence-electron chi connectivity index (χ3n) is 6.07. The van der Waals surface area contributed by atoms with Crippen LogP contribution in [0.5, 0.6) is 0 Å². The van der Waals surface area contributed by atoms with E-state index in [1.165, 1.54) is 11.1 Å². The number of benzene rings is 1. The van der Waals surface area contributed by atoms with Crippen molar-refractivity contribution in [3.05, 3.63) is 59.3 Å². The summed E-state index contributed by atoms with van der Waals surface area (Å²) < 4.78 is 0. The summed E-state index contributed by atoms with van der Waals surface area (Å²) in [5, 5.41) is 3.18. The minimum absolute atomic E-state index is 0.107. The monoisotopic (exact) mass is 378 g/mol. The third kappa shape index (κ3) is 4.20. The van der Waals surface area contributed by atoms with Gasteiger partial charge >= 0.3 is 0 Å². The Morgan fingerprint density at radius 2 is 2.04 bits per heavy atom. The number of likely N-dealkylation sites (tertiary alicyclic amines) is 1. The number of anilines is 1. The second-order valence-electron chi connectivity index (χ2n) is 7.88. The summed E-state index contributed by atoms with van der Waals surface area (Å²) >= 11 is 0. The van der Waals surface area contributed by atoms with Crippen molar-refractivity contribution in [3.63, 3.8) is 0 Å². The molecule has 1 aromatic heterocycles. The number of piperidine rings is 1. The molecular formula is C23H30N4O. The minimum atomic E-state index is 0.107. The zero-order chi connectivity index (χ0) is 19.3. The summed E-state index contributed by atoms with van der Waals surface area (Å²) in [5.41, 5.74) is 3.90. The van der Waals surface area contributed by atoms with Gasteiger partial charge in [0, 0.05) is 37.9 Å². The Labute approximate surface area is 167 Å². The Hall–Kier alpha value is -2.40. The van der Waals surface area contributed by atoms with Gasteiger partial charge in [0.1, 0.15) is 5.82 Å². The summed E-state index contributed by atoms with van der Waals surface area (Å²) in [6, 6.07) is 12.7. The molecule has 0 saturated carbocycles. The van der Waals surface area contributed by atoms with E-state index < -0.39 is 0 Å². The Morgan fingerprint density at radius 1 is 1.18 bits per heavy atom. The van der Waals surface area contributed by atoms with E-state index in [2.05, 4.69) is 57.4 Å². The van der Waals surface area contributed by atoms with Gasteiger partial charge in [0.25, 0.3) is 0 Å². The lowest BCUT2D eigenvalue weighted by Gasteiger charge is -2.32. The van der Waals surface area contributed by atoms with Gasteiger partial charge in [-0.1, -0.05) is 37.3 Å². The molecule has 0 radical (unpaired) electrons. The molecule has 2 aliphatic rings. The molecule has 0 bridgehead atoms. The minimum Gasteiger partial charge on any atom is -0.352 e. The molecule has 148 valence electrons. The lowest BCUT2D eigenvalue weighted by atomic mass is 9.97. The van der Waals surface area contributed by atoms with Crippen LogP contribution >= 0.6 is 0 Å². The van der Waals surface area contributed by atoms with Crippen LogP contribution in [0.1, 0.15) is 36.5 Å². The highest BCUT2D eigenvalue weighted by molar-refractivity contribution is 5.79. The summed E-state index contributed by atoms with van der Waals surface area (Å²) in [4.78, 5) is 22.1. The number of nitrogens with zero attached hydrogens (tertiary/aromatic N) is 3. The molecule has 1 atom stereocenters. The van der Waals surface area contributed by atoms with E-state index in [1.807, 2.05) is 12.3 Å². The molecular weight excluding hydrogens is 348 g/mol. The summed E-state index contributed by atoms with van der Waals surface area (Å²) in [6.45, 7) is 7.56. The second kappa shape index (κ2) is 8.74. The highest BCUT2D eigenvalue weighted by Crippen LogP contribution is 2.25. The average Bonchev–Trinajstić information content (AvgIpc) is 2.77. The first-order valence-corrected chi connectivity index (χ1v) is 10.5. The van der Waals surface area contributed by atoms with Crippen LogP contribution in [0.15, 0.2) is 42.6 Å². The highest BCUT2D eigenvalue weighted by atomic mass is 16.1.